The van der Waals surface area contributed by atoms with Crippen molar-refractivity contribution in [2.45, 2.75) is 13.5 Å². The third-order valence-corrected chi connectivity index (χ3v) is 4.08. The largest absolute Gasteiger partial charge is 0.494 e. The van der Waals surface area contributed by atoms with E-state index in [4.69, 9.17) is 4.74 Å². The van der Waals surface area contributed by atoms with Gasteiger partial charge in [-0.3, -0.25) is 14.7 Å². The van der Waals surface area contributed by atoms with Crippen molar-refractivity contribution in [3.63, 3.8) is 0 Å². The fourth-order valence-electron chi connectivity index (χ4n) is 2.80. The van der Waals surface area contributed by atoms with E-state index >= 15 is 0 Å². The Morgan fingerprint density at radius 2 is 1.88 bits per heavy atom. The average molecular weight is 326 g/mol. The molecule has 0 spiro atoms. The van der Waals surface area contributed by atoms with Crippen molar-refractivity contribution in [3.8, 4) is 5.75 Å². The second-order valence-electron chi connectivity index (χ2n) is 5.74. The maximum absolute atomic E-state index is 12.4. The molecule has 0 bridgehead atoms. The number of rotatable bonds is 5. The first-order valence-electron chi connectivity index (χ1n) is 8.25. The number of hydrogen-bond acceptors (Lipinski definition) is 5. The van der Waals surface area contributed by atoms with E-state index in [0.717, 1.165) is 25.4 Å². The van der Waals surface area contributed by atoms with Crippen LogP contribution in [0.5, 0.6) is 5.75 Å². The van der Waals surface area contributed by atoms with Crippen LogP contribution in [-0.4, -0.2) is 58.5 Å². The fraction of sp³-hybridized carbons (Fsp3) is 0.389. The summed E-state index contributed by atoms with van der Waals surface area (Å²) in [6.07, 6.45) is 4.65. The van der Waals surface area contributed by atoms with Gasteiger partial charge in [-0.15, -0.1) is 0 Å². The van der Waals surface area contributed by atoms with Gasteiger partial charge in [-0.25, -0.2) is 4.98 Å². The van der Waals surface area contributed by atoms with Crippen LogP contribution < -0.4 is 4.74 Å². The van der Waals surface area contributed by atoms with Crippen LogP contribution in [0.3, 0.4) is 0 Å². The van der Waals surface area contributed by atoms with E-state index in [0.29, 0.717) is 25.4 Å². The number of nitrogens with zero attached hydrogens (tertiary/aromatic N) is 4. The minimum atomic E-state index is -0.0381. The van der Waals surface area contributed by atoms with E-state index in [9.17, 15) is 4.79 Å². The van der Waals surface area contributed by atoms with E-state index in [-0.39, 0.29) is 5.91 Å². The molecule has 0 radical (unpaired) electrons. The zero-order chi connectivity index (χ0) is 16.8. The highest BCUT2D eigenvalue weighted by Gasteiger charge is 2.22. The Bertz CT molecular complexity index is 652. The second kappa shape index (κ2) is 7.88. The zero-order valence-corrected chi connectivity index (χ0v) is 13.9. The Morgan fingerprint density at radius 1 is 1.12 bits per heavy atom. The Hall–Kier alpha value is -2.47. The summed E-state index contributed by atoms with van der Waals surface area (Å²) in [4.78, 5) is 24.6. The molecular weight excluding hydrogens is 304 g/mol. The summed E-state index contributed by atoms with van der Waals surface area (Å²) < 4.78 is 5.46. The lowest BCUT2D eigenvalue weighted by atomic mass is 10.2. The van der Waals surface area contributed by atoms with Crippen molar-refractivity contribution >= 4 is 5.91 Å². The standard InChI is InChI=1S/C18H22N4O2/c1-2-24-16-5-3-15(4-6-16)14-21-9-11-22(12-10-21)18(23)17-13-19-7-8-20-17/h3-8,13H,2,9-12,14H2,1H3. The Labute approximate surface area is 142 Å². The molecule has 1 saturated heterocycles. The molecule has 0 saturated carbocycles. The Balaban J connectivity index is 1.51. The normalized spacial score (nSPS) is 15.3. The lowest BCUT2D eigenvalue weighted by Gasteiger charge is -2.34. The number of carbonyl (C=O) groups is 1. The van der Waals surface area contributed by atoms with Gasteiger partial charge in [-0.1, -0.05) is 12.1 Å². The van der Waals surface area contributed by atoms with E-state index in [1.165, 1.54) is 11.8 Å². The summed E-state index contributed by atoms with van der Waals surface area (Å²) in [5, 5.41) is 0. The highest BCUT2D eigenvalue weighted by atomic mass is 16.5. The first-order valence-corrected chi connectivity index (χ1v) is 8.25. The van der Waals surface area contributed by atoms with Gasteiger partial charge in [-0.05, 0) is 24.6 Å². The van der Waals surface area contributed by atoms with Gasteiger partial charge in [0.25, 0.3) is 5.91 Å². The van der Waals surface area contributed by atoms with Gasteiger partial charge >= 0.3 is 0 Å². The molecule has 1 amide bonds. The van der Waals surface area contributed by atoms with Crippen LogP contribution in [0.25, 0.3) is 0 Å². The highest BCUT2D eigenvalue weighted by Crippen LogP contribution is 2.15. The third kappa shape index (κ3) is 4.08. The summed E-state index contributed by atoms with van der Waals surface area (Å²) in [6, 6.07) is 8.21. The fourth-order valence-corrected chi connectivity index (χ4v) is 2.80. The van der Waals surface area contributed by atoms with Crippen LogP contribution in [0.1, 0.15) is 23.0 Å². The molecule has 0 atom stereocenters. The molecule has 1 aliphatic rings. The number of hydrogen-bond donors (Lipinski definition) is 0. The van der Waals surface area contributed by atoms with Gasteiger partial charge in [0.1, 0.15) is 11.4 Å². The maximum Gasteiger partial charge on any atom is 0.274 e. The molecule has 1 aromatic heterocycles. The predicted octanol–water partition coefficient (Wildman–Crippen LogP) is 1.83. The minimum Gasteiger partial charge on any atom is -0.494 e. The molecule has 0 aliphatic carbocycles. The number of benzene rings is 1. The van der Waals surface area contributed by atoms with Gasteiger partial charge in [0, 0.05) is 45.1 Å². The quantitative estimate of drug-likeness (QED) is 0.839. The molecule has 6 nitrogen and oxygen atoms in total. The lowest BCUT2D eigenvalue weighted by Crippen LogP contribution is -2.48. The van der Waals surface area contributed by atoms with Gasteiger partial charge in [0.2, 0.25) is 0 Å². The maximum atomic E-state index is 12.4. The number of amides is 1. The molecule has 24 heavy (non-hydrogen) atoms. The predicted molar refractivity (Wildman–Crippen MR) is 90.8 cm³/mol. The van der Waals surface area contributed by atoms with Gasteiger partial charge < -0.3 is 9.64 Å². The molecule has 0 unspecified atom stereocenters. The monoisotopic (exact) mass is 326 g/mol. The molecule has 0 N–H and O–H groups in total. The number of carbonyl (C=O) groups excluding carboxylic acids is 1. The molecule has 1 fully saturated rings. The summed E-state index contributed by atoms with van der Waals surface area (Å²) in [5.74, 6) is 0.865. The summed E-state index contributed by atoms with van der Waals surface area (Å²) in [6.45, 7) is 6.70. The second-order valence-corrected chi connectivity index (χ2v) is 5.74. The first-order chi connectivity index (χ1) is 11.8. The van der Waals surface area contributed by atoms with Crippen molar-refractivity contribution in [3.05, 3.63) is 54.1 Å². The summed E-state index contributed by atoms with van der Waals surface area (Å²) in [7, 11) is 0. The van der Waals surface area contributed by atoms with E-state index in [1.54, 1.807) is 12.4 Å². The molecular formula is C18H22N4O2. The Kier molecular flexibility index (Phi) is 5.38. The van der Waals surface area contributed by atoms with Crippen molar-refractivity contribution in [2.24, 2.45) is 0 Å². The van der Waals surface area contributed by atoms with Crippen LogP contribution in [0.2, 0.25) is 0 Å². The minimum absolute atomic E-state index is 0.0381. The third-order valence-electron chi connectivity index (χ3n) is 4.08. The first kappa shape index (κ1) is 16.4. The lowest BCUT2D eigenvalue weighted by molar-refractivity contribution is 0.0622. The molecule has 1 aromatic carbocycles. The van der Waals surface area contributed by atoms with Gasteiger partial charge in [0.15, 0.2) is 0 Å². The smallest absolute Gasteiger partial charge is 0.274 e. The van der Waals surface area contributed by atoms with Crippen LogP contribution in [0.4, 0.5) is 0 Å². The van der Waals surface area contributed by atoms with Crippen molar-refractivity contribution in [1.82, 2.24) is 19.8 Å². The van der Waals surface area contributed by atoms with E-state index in [2.05, 4.69) is 27.0 Å². The van der Waals surface area contributed by atoms with Gasteiger partial charge in [0.05, 0.1) is 12.8 Å². The summed E-state index contributed by atoms with van der Waals surface area (Å²) in [5.41, 5.74) is 1.67. The van der Waals surface area contributed by atoms with E-state index < -0.39 is 0 Å². The number of ether oxygens (including phenoxy) is 1. The van der Waals surface area contributed by atoms with E-state index in [1.807, 2.05) is 24.0 Å². The summed E-state index contributed by atoms with van der Waals surface area (Å²) >= 11 is 0. The zero-order valence-electron chi connectivity index (χ0n) is 13.9. The van der Waals surface area contributed by atoms with Crippen molar-refractivity contribution < 1.29 is 9.53 Å². The van der Waals surface area contributed by atoms with Crippen LogP contribution in [0.15, 0.2) is 42.9 Å². The molecule has 3 rings (SSSR count). The topological polar surface area (TPSA) is 58.6 Å². The SMILES string of the molecule is CCOc1ccc(CN2CCN(C(=O)c3cnccn3)CC2)cc1. The highest BCUT2D eigenvalue weighted by molar-refractivity contribution is 5.92. The van der Waals surface area contributed by atoms with Crippen molar-refractivity contribution in [1.29, 1.82) is 0 Å². The number of aromatic nitrogens is 2. The Morgan fingerprint density at radius 3 is 2.50 bits per heavy atom. The van der Waals surface area contributed by atoms with Crippen LogP contribution in [-0.2, 0) is 6.54 Å². The molecule has 6 heteroatoms. The van der Waals surface area contributed by atoms with Crippen LogP contribution in [0, 0.1) is 0 Å². The average Bonchev–Trinajstić information content (AvgIpc) is 2.64. The molecule has 1 aliphatic heterocycles. The molecule has 2 aromatic rings. The van der Waals surface area contributed by atoms with Crippen LogP contribution >= 0.6 is 0 Å². The number of piperazine rings is 1. The molecule has 2 heterocycles. The van der Waals surface area contributed by atoms with Gasteiger partial charge in [-0.2, -0.15) is 0 Å². The van der Waals surface area contributed by atoms with Crippen molar-refractivity contribution in [2.75, 3.05) is 32.8 Å². The molecule has 126 valence electrons.